The number of pyridine rings is 1. The molecular formula is C13H12N2O3. The van der Waals surface area contributed by atoms with Crippen molar-refractivity contribution < 1.29 is 14.6 Å². The second-order valence-electron chi connectivity index (χ2n) is 3.59. The van der Waals surface area contributed by atoms with Crippen LogP contribution in [0.2, 0.25) is 0 Å². The maximum atomic E-state index is 10.8. The topological polar surface area (TPSA) is 71.5 Å². The van der Waals surface area contributed by atoms with Crippen molar-refractivity contribution in [2.24, 2.45) is 0 Å². The number of carbonyl (C=O) groups is 1. The van der Waals surface area contributed by atoms with Crippen LogP contribution >= 0.6 is 0 Å². The number of aromatic carboxylic acids is 1. The first-order chi connectivity index (χ1) is 8.69. The van der Waals surface area contributed by atoms with Crippen molar-refractivity contribution in [3.8, 4) is 5.75 Å². The molecule has 2 N–H and O–H groups in total. The number of nitrogens with zero attached hydrogens (tertiary/aromatic N) is 1. The molecule has 0 atom stereocenters. The van der Waals surface area contributed by atoms with Crippen LogP contribution in [0.25, 0.3) is 0 Å². The Balaban J connectivity index is 2.17. The number of carboxylic acid groups (broad SMARTS) is 1. The molecule has 0 spiro atoms. The number of rotatable bonds is 4. The van der Waals surface area contributed by atoms with E-state index in [1.807, 2.05) is 0 Å². The number of carboxylic acids is 1. The van der Waals surface area contributed by atoms with Gasteiger partial charge in [-0.2, -0.15) is 0 Å². The molecule has 0 fully saturated rings. The molecule has 2 aromatic rings. The maximum absolute atomic E-state index is 10.8. The Morgan fingerprint density at radius 1 is 1.33 bits per heavy atom. The highest BCUT2D eigenvalue weighted by Crippen LogP contribution is 2.18. The summed E-state index contributed by atoms with van der Waals surface area (Å²) >= 11 is 0. The fourth-order valence-electron chi connectivity index (χ4n) is 1.45. The van der Waals surface area contributed by atoms with Gasteiger partial charge in [-0.05, 0) is 30.3 Å². The molecule has 5 nitrogen and oxygen atoms in total. The van der Waals surface area contributed by atoms with E-state index >= 15 is 0 Å². The van der Waals surface area contributed by atoms with Crippen molar-refractivity contribution in [1.29, 1.82) is 0 Å². The molecule has 0 aliphatic carbocycles. The average molecular weight is 244 g/mol. The third kappa shape index (κ3) is 2.76. The van der Waals surface area contributed by atoms with Gasteiger partial charge in [-0.3, -0.25) is 0 Å². The highest BCUT2D eigenvalue weighted by atomic mass is 16.5. The highest BCUT2D eigenvalue weighted by molar-refractivity contribution is 5.89. The molecule has 18 heavy (non-hydrogen) atoms. The van der Waals surface area contributed by atoms with E-state index in [0.717, 1.165) is 0 Å². The van der Waals surface area contributed by atoms with Crippen molar-refractivity contribution in [1.82, 2.24) is 4.98 Å². The minimum atomic E-state index is -0.957. The summed E-state index contributed by atoms with van der Waals surface area (Å²) < 4.78 is 5.00. The number of methoxy groups -OCH3 is 1. The number of nitrogens with one attached hydrogen (secondary N) is 1. The molecule has 1 aromatic heterocycles. The molecule has 2 rings (SSSR count). The Bertz CT molecular complexity index is 552. The zero-order chi connectivity index (χ0) is 13.0. The van der Waals surface area contributed by atoms with Crippen LogP contribution in [-0.4, -0.2) is 23.2 Å². The van der Waals surface area contributed by atoms with Crippen molar-refractivity contribution in [3.05, 3.63) is 48.2 Å². The lowest BCUT2D eigenvalue weighted by Crippen LogP contribution is -1.98. The molecule has 1 heterocycles. The van der Waals surface area contributed by atoms with E-state index in [0.29, 0.717) is 17.3 Å². The fourth-order valence-corrected chi connectivity index (χ4v) is 1.45. The highest BCUT2D eigenvalue weighted by Gasteiger charge is 2.03. The van der Waals surface area contributed by atoms with E-state index in [1.165, 1.54) is 6.07 Å². The lowest BCUT2D eigenvalue weighted by Gasteiger charge is -2.06. The minimum absolute atomic E-state index is 0.230. The summed E-state index contributed by atoms with van der Waals surface area (Å²) in [6.45, 7) is 0. The van der Waals surface area contributed by atoms with Gasteiger partial charge in [0.1, 0.15) is 11.6 Å². The van der Waals surface area contributed by atoms with E-state index in [-0.39, 0.29) is 5.56 Å². The van der Waals surface area contributed by atoms with E-state index < -0.39 is 5.97 Å². The van der Waals surface area contributed by atoms with Crippen molar-refractivity contribution in [3.63, 3.8) is 0 Å². The van der Waals surface area contributed by atoms with Crippen molar-refractivity contribution in [2.45, 2.75) is 0 Å². The third-order valence-electron chi connectivity index (χ3n) is 2.35. The quantitative estimate of drug-likeness (QED) is 0.864. The molecular weight excluding hydrogens is 232 g/mol. The van der Waals surface area contributed by atoms with Crippen LogP contribution in [0.15, 0.2) is 42.6 Å². The molecule has 0 saturated heterocycles. The molecule has 0 amide bonds. The van der Waals surface area contributed by atoms with Gasteiger partial charge in [0.2, 0.25) is 0 Å². The Morgan fingerprint density at radius 3 is 2.78 bits per heavy atom. The number of ether oxygens (including phenoxy) is 1. The number of benzene rings is 1. The van der Waals surface area contributed by atoms with E-state index in [9.17, 15) is 4.79 Å². The molecule has 5 heteroatoms. The van der Waals surface area contributed by atoms with Crippen LogP contribution in [0, 0.1) is 0 Å². The minimum Gasteiger partial charge on any atom is -0.495 e. The number of hydrogen-bond donors (Lipinski definition) is 2. The summed E-state index contributed by atoms with van der Waals surface area (Å²) in [5.74, 6) is 0.333. The van der Waals surface area contributed by atoms with Crippen LogP contribution in [0.1, 0.15) is 10.4 Å². The van der Waals surface area contributed by atoms with Crippen LogP contribution in [0.3, 0.4) is 0 Å². The summed E-state index contributed by atoms with van der Waals surface area (Å²) in [6.07, 6.45) is 1.59. The predicted molar refractivity (Wildman–Crippen MR) is 67.5 cm³/mol. The first-order valence-electron chi connectivity index (χ1n) is 5.29. The summed E-state index contributed by atoms with van der Waals surface area (Å²) in [6, 6.07) is 10.1. The van der Waals surface area contributed by atoms with Crippen molar-refractivity contribution in [2.75, 3.05) is 12.4 Å². The molecule has 0 radical (unpaired) electrons. The number of hydrogen-bond acceptors (Lipinski definition) is 4. The summed E-state index contributed by atoms with van der Waals surface area (Å²) in [4.78, 5) is 15.0. The molecule has 0 saturated carbocycles. The smallest absolute Gasteiger partial charge is 0.335 e. The first-order valence-corrected chi connectivity index (χ1v) is 5.29. The van der Waals surface area contributed by atoms with Crippen LogP contribution < -0.4 is 10.1 Å². The Morgan fingerprint density at radius 2 is 2.17 bits per heavy atom. The monoisotopic (exact) mass is 244 g/mol. The van der Waals surface area contributed by atoms with Gasteiger partial charge < -0.3 is 15.2 Å². The second kappa shape index (κ2) is 5.18. The van der Waals surface area contributed by atoms with E-state index in [2.05, 4.69) is 10.3 Å². The maximum Gasteiger partial charge on any atom is 0.335 e. The van der Waals surface area contributed by atoms with Gasteiger partial charge in [-0.1, -0.05) is 6.07 Å². The van der Waals surface area contributed by atoms with Gasteiger partial charge >= 0.3 is 5.97 Å². The van der Waals surface area contributed by atoms with Gasteiger partial charge in [0.15, 0.2) is 0 Å². The Labute approximate surface area is 104 Å². The molecule has 0 aliphatic rings. The van der Waals surface area contributed by atoms with Crippen molar-refractivity contribution >= 4 is 17.5 Å². The zero-order valence-corrected chi connectivity index (χ0v) is 9.75. The summed E-state index contributed by atoms with van der Waals surface area (Å²) in [5, 5.41) is 11.9. The normalized spacial score (nSPS) is 9.83. The standard InChI is InChI=1S/C13H12N2O3/c1-18-11-5-6-12(14-8-11)15-10-4-2-3-9(7-10)13(16)17/h2-8H,1H3,(H,14,15)(H,16,17). The molecule has 0 unspecified atom stereocenters. The molecule has 1 aromatic carbocycles. The van der Waals surface area contributed by atoms with Crippen LogP contribution in [0.4, 0.5) is 11.5 Å². The first kappa shape index (κ1) is 11.9. The summed E-state index contributed by atoms with van der Waals surface area (Å²) in [5.41, 5.74) is 0.904. The van der Waals surface area contributed by atoms with Crippen LogP contribution in [0.5, 0.6) is 5.75 Å². The van der Waals surface area contributed by atoms with E-state index in [1.54, 1.807) is 43.6 Å². The number of aromatic nitrogens is 1. The van der Waals surface area contributed by atoms with E-state index in [4.69, 9.17) is 9.84 Å². The third-order valence-corrected chi connectivity index (χ3v) is 2.35. The SMILES string of the molecule is COc1ccc(Nc2cccc(C(=O)O)c2)nc1. The Hall–Kier alpha value is -2.56. The number of anilines is 2. The fraction of sp³-hybridized carbons (Fsp3) is 0.0769. The second-order valence-corrected chi connectivity index (χ2v) is 3.59. The lowest BCUT2D eigenvalue weighted by atomic mass is 10.2. The summed E-state index contributed by atoms with van der Waals surface area (Å²) in [7, 11) is 1.57. The lowest BCUT2D eigenvalue weighted by molar-refractivity contribution is 0.0697. The van der Waals surface area contributed by atoms with Gasteiger partial charge in [0.05, 0.1) is 18.9 Å². The average Bonchev–Trinajstić information content (AvgIpc) is 2.40. The van der Waals surface area contributed by atoms with Crippen LogP contribution in [-0.2, 0) is 0 Å². The molecule has 0 bridgehead atoms. The van der Waals surface area contributed by atoms with Gasteiger partial charge in [0.25, 0.3) is 0 Å². The van der Waals surface area contributed by atoms with Gasteiger partial charge in [-0.15, -0.1) is 0 Å². The van der Waals surface area contributed by atoms with Gasteiger partial charge in [0, 0.05) is 5.69 Å². The largest absolute Gasteiger partial charge is 0.495 e. The zero-order valence-electron chi connectivity index (χ0n) is 9.75. The predicted octanol–water partition coefficient (Wildman–Crippen LogP) is 2.53. The van der Waals surface area contributed by atoms with Gasteiger partial charge in [-0.25, -0.2) is 9.78 Å². The molecule has 0 aliphatic heterocycles. The molecule has 92 valence electrons. The Kier molecular flexibility index (Phi) is 3.43.